The highest BCUT2D eigenvalue weighted by Gasteiger charge is 2.15. The number of halogens is 1. The molecule has 0 atom stereocenters. The number of nitrogens with zero attached hydrogens (tertiary/aromatic N) is 3. The zero-order valence-corrected chi connectivity index (χ0v) is 21.4. The number of thiazole rings is 1. The molecule has 35 heavy (non-hydrogen) atoms. The molecule has 2 aromatic carbocycles. The summed E-state index contributed by atoms with van der Waals surface area (Å²) in [5.41, 5.74) is 1.78. The first-order valence-electron chi connectivity index (χ1n) is 10.5. The Morgan fingerprint density at radius 3 is 2.46 bits per heavy atom. The van der Waals surface area contributed by atoms with Crippen LogP contribution in [0.1, 0.15) is 12.8 Å². The van der Waals surface area contributed by atoms with Gasteiger partial charge in [-0.1, -0.05) is 28.1 Å². The van der Waals surface area contributed by atoms with Crippen LogP contribution in [0.5, 0.6) is 0 Å². The van der Waals surface area contributed by atoms with Gasteiger partial charge < -0.3 is 5.32 Å². The van der Waals surface area contributed by atoms with Crippen molar-refractivity contribution in [3.8, 4) is 11.3 Å². The molecule has 0 radical (unpaired) electrons. The average molecular weight is 574 g/mol. The number of benzene rings is 2. The number of amides is 1. The van der Waals surface area contributed by atoms with Gasteiger partial charge in [0.2, 0.25) is 5.91 Å². The number of sulfonamides is 1. The molecule has 2 heterocycles. The number of aromatic nitrogens is 3. The molecule has 0 aliphatic carbocycles. The fourth-order valence-electron chi connectivity index (χ4n) is 3.16. The Hall–Kier alpha value is -3.35. The summed E-state index contributed by atoms with van der Waals surface area (Å²) < 4.78 is 29.5. The Kier molecular flexibility index (Phi) is 7.73. The van der Waals surface area contributed by atoms with Crippen LogP contribution in [0.25, 0.3) is 11.3 Å². The number of carbonyl (C=O) groups excluding carboxylic acids is 1. The van der Waals surface area contributed by atoms with Gasteiger partial charge in [0, 0.05) is 46.3 Å². The summed E-state index contributed by atoms with van der Waals surface area (Å²) in [6.07, 6.45) is 2.09. The van der Waals surface area contributed by atoms with E-state index >= 15 is 0 Å². The maximum Gasteiger partial charge on any atom is 0.266 e. The summed E-state index contributed by atoms with van der Waals surface area (Å²) in [6, 6.07) is 16.6. The normalized spacial score (nSPS) is 11.2. The van der Waals surface area contributed by atoms with E-state index in [1.54, 1.807) is 11.4 Å². The number of nitrogens with one attached hydrogen (secondary N) is 2. The zero-order valence-electron chi connectivity index (χ0n) is 18.2. The summed E-state index contributed by atoms with van der Waals surface area (Å²) in [4.78, 5) is 28.5. The molecule has 2 N–H and O–H groups in total. The van der Waals surface area contributed by atoms with Crippen LogP contribution in [0.3, 0.4) is 0 Å². The first kappa shape index (κ1) is 24.8. The molecule has 1 amide bonds. The van der Waals surface area contributed by atoms with Crippen LogP contribution in [0, 0.1) is 0 Å². The fraction of sp³-hybridized carbons (Fsp3) is 0.130. The molecule has 9 nitrogen and oxygen atoms in total. The monoisotopic (exact) mass is 573 g/mol. The van der Waals surface area contributed by atoms with Gasteiger partial charge in [-0.2, -0.15) is 5.10 Å². The summed E-state index contributed by atoms with van der Waals surface area (Å²) in [5.74, 6) is -0.251. The second-order valence-corrected chi connectivity index (χ2v) is 10.9. The molecule has 0 saturated carbocycles. The van der Waals surface area contributed by atoms with E-state index in [-0.39, 0.29) is 34.5 Å². The van der Waals surface area contributed by atoms with Crippen LogP contribution < -0.4 is 15.6 Å². The lowest BCUT2D eigenvalue weighted by atomic mass is 10.1. The van der Waals surface area contributed by atoms with Crippen molar-refractivity contribution in [1.82, 2.24) is 14.8 Å². The fourth-order valence-corrected chi connectivity index (χ4v) is 5.21. The van der Waals surface area contributed by atoms with Crippen LogP contribution in [0.2, 0.25) is 0 Å². The third kappa shape index (κ3) is 6.62. The predicted octanol–water partition coefficient (Wildman–Crippen LogP) is 4.35. The highest BCUT2D eigenvalue weighted by molar-refractivity contribution is 9.10. The Bertz CT molecular complexity index is 1470. The van der Waals surface area contributed by atoms with Crippen molar-refractivity contribution >= 4 is 54.0 Å². The minimum Gasteiger partial charge on any atom is -0.326 e. The topological polar surface area (TPSA) is 123 Å². The maximum absolute atomic E-state index is 12.4. The Balaban J connectivity index is 1.31. The summed E-state index contributed by atoms with van der Waals surface area (Å²) in [6.45, 7) is 0.288. The molecule has 0 saturated heterocycles. The Morgan fingerprint density at radius 1 is 1.03 bits per heavy atom. The van der Waals surface area contributed by atoms with Crippen molar-refractivity contribution in [2.75, 3.05) is 10.0 Å². The summed E-state index contributed by atoms with van der Waals surface area (Å²) in [5, 5.41) is 9.08. The first-order chi connectivity index (χ1) is 16.8. The lowest BCUT2D eigenvalue weighted by Crippen LogP contribution is -2.23. The van der Waals surface area contributed by atoms with Crippen LogP contribution in [0.15, 0.2) is 86.4 Å². The number of rotatable bonds is 9. The molecule has 0 bridgehead atoms. The molecule has 180 valence electrons. The van der Waals surface area contributed by atoms with Gasteiger partial charge in [-0.25, -0.2) is 18.1 Å². The molecular formula is C23H20BrN5O4S2. The number of hydrogen-bond acceptors (Lipinski definition) is 7. The lowest BCUT2D eigenvalue weighted by molar-refractivity contribution is -0.116. The SMILES string of the molecule is O=C(CCCn1nc(-c2ccc(Br)cc2)ccc1=O)Nc1ccc(S(=O)(=O)Nc2nccs2)cc1. The van der Waals surface area contributed by atoms with Crippen LogP contribution in [-0.2, 0) is 21.4 Å². The minimum absolute atomic E-state index is 0.0572. The number of carbonyl (C=O) groups is 1. The maximum atomic E-state index is 12.4. The molecule has 2 aromatic heterocycles. The van der Waals surface area contributed by atoms with Crippen molar-refractivity contribution < 1.29 is 13.2 Å². The van der Waals surface area contributed by atoms with Crippen molar-refractivity contribution in [2.24, 2.45) is 0 Å². The van der Waals surface area contributed by atoms with Crippen molar-refractivity contribution in [1.29, 1.82) is 0 Å². The van der Waals surface area contributed by atoms with Gasteiger partial charge in [0.15, 0.2) is 5.13 Å². The van der Waals surface area contributed by atoms with E-state index in [2.05, 4.69) is 36.1 Å². The molecule has 0 unspecified atom stereocenters. The summed E-state index contributed by atoms with van der Waals surface area (Å²) >= 11 is 4.57. The van der Waals surface area contributed by atoms with Crippen molar-refractivity contribution in [2.45, 2.75) is 24.3 Å². The number of aryl methyl sites for hydroxylation is 1. The minimum atomic E-state index is -3.76. The van der Waals surface area contributed by atoms with E-state index in [0.29, 0.717) is 17.8 Å². The van der Waals surface area contributed by atoms with Crippen LogP contribution >= 0.6 is 27.3 Å². The third-order valence-electron chi connectivity index (χ3n) is 4.88. The molecule has 4 rings (SSSR count). The molecule has 0 aliphatic heterocycles. The van der Waals surface area contributed by atoms with Crippen LogP contribution in [-0.4, -0.2) is 29.1 Å². The zero-order chi connectivity index (χ0) is 24.8. The molecule has 0 spiro atoms. The number of anilines is 2. The van der Waals surface area contributed by atoms with E-state index in [1.165, 1.54) is 52.5 Å². The van der Waals surface area contributed by atoms with Crippen molar-refractivity contribution in [3.05, 3.63) is 87.1 Å². The quantitative estimate of drug-likeness (QED) is 0.307. The van der Waals surface area contributed by atoms with Gasteiger partial charge in [-0.3, -0.25) is 14.3 Å². The van der Waals surface area contributed by atoms with E-state index in [1.807, 2.05) is 24.3 Å². The number of hydrogen-bond donors (Lipinski definition) is 2. The molecule has 0 aliphatic rings. The van der Waals surface area contributed by atoms with E-state index in [4.69, 9.17) is 0 Å². The van der Waals surface area contributed by atoms with Crippen molar-refractivity contribution in [3.63, 3.8) is 0 Å². The molecule has 0 fully saturated rings. The Morgan fingerprint density at radius 2 is 1.77 bits per heavy atom. The van der Waals surface area contributed by atoms with Gasteiger partial charge in [0.25, 0.3) is 15.6 Å². The largest absolute Gasteiger partial charge is 0.326 e. The van der Waals surface area contributed by atoms with Gasteiger partial charge in [0.05, 0.1) is 10.6 Å². The van der Waals surface area contributed by atoms with E-state index in [0.717, 1.165) is 10.0 Å². The summed E-state index contributed by atoms with van der Waals surface area (Å²) in [7, 11) is -3.76. The smallest absolute Gasteiger partial charge is 0.266 e. The van der Waals surface area contributed by atoms with Gasteiger partial charge >= 0.3 is 0 Å². The average Bonchev–Trinajstić information content (AvgIpc) is 3.33. The predicted molar refractivity (Wildman–Crippen MR) is 139 cm³/mol. The highest BCUT2D eigenvalue weighted by atomic mass is 79.9. The molecule has 4 aromatic rings. The van der Waals surface area contributed by atoms with Gasteiger partial charge in [0.1, 0.15) is 0 Å². The van der Waals surface area contributed by atoms with E-state index < -0.39 is 10.0 Å². The molecule has 12 heteroatoms. The highest BCUT2D eigenvalue weighted by Crippen LogP contribution is 2.20. The van der Waals surface area contributed by atoms with Gasteiger partial charge in [-0.05, 0) is 48.9 Å². The first-order valence-corrected chi connectivity index (χ1v) is 13.6. The van der Waals surface area contributed by atoms with Gasteiger partial charge in [-0.15, -0.1) is 11.3 Å². The molecular weight excluding hydrogens is 554 g/mol. The lowest BCUT2D eigenvalue weighted by Gasteiger charge is -2.09. The second kappa shape index (κ2) is 10.9. The van der Waals surface area contributed by atoms with E-state index in [9.17, 15) is 18.0 Å². The van der Waals surface area contributed by atoms with Crippen LogP contribution in [0.4, 0.5) is 10.8 Å². The third-order valence-corrected chi connectivity index (χ3v) is 7.58. The standard InChI is InChI=1S/C23H20BrN5O4S2/c24-17-5-3-16(4-6-17)20-11-12-22(31)29(27-20)14-1-2-21(30)26-18-7-9-19(10-8-18)35(32,33)28-23-25-13-15-34-23/h3-13,15H,1-2,14H2,(H,25,28)(H,26,30). The Labute approximate surface area is 214 Å². The second-order valence-electron chi connectivity index (χ2n) is 7.41.